The van der Waals surface area contributed by atoms with Crippen LogP contribution in [-0.2, 0) is 17.4 Å². The van der Waals surface area contributed by atoms with Crippen molar-refractivity contribution in [3.05, 3.63) is 40.6 Å². The van der Waals surface area contributed by atoms with E-state index in [9.17, 15) is 0 Å². The standard InChI is InChI=1S/C12H15Si.3ClH.V/c1-13(2,3)12-8-10-6-4-5-7-11(10)9-12;;;;/h4-9H,1-3H3;3*1H;/q;;;;+3/p-3. The van der Waals surface area contributed by atoms with Crippen molar-refractivity contribution in [2.24, 2.45) is 0 Å². The molecule has 1 aliphatic rings. The molecular weight excluding hydrogens is 330 g/mol. The van der Waals surface area contributed by atoms with Gasteiger partial charge in [-0.3, -0.25) is 0 Å². The van der Waals surface area contributed by atoms with E-state index in [1.807, 2.05) is 0 Å². The molecule has 0 nitrogen and oxygen atoms in total. The molecule has 0 aromatic heterocycles. The van der Waals surface area contributed by atoms with Gasteiger partial charge in [-0.05, 0) is 0 Å². The van der Waals surface area contributed by atoms with Crippen LogP contribution in [0.25, 0.3) is 6.08 Å². The molecule has 0 saturated carbocycles. The molecule has 0 N–H and O–H groups in total. The Morgan fingerprint density at radius 2 is 1.53 bits per heavy atom. The smallest absolute Gasteiger partial charge is 1.00 e. The number of halogens is 3. The third-order valence-corrected chi connectivity index (χ3v) is 6.18. The Morgan fingerprint density at radius 1 is 1.00 bits per heavy atom. The second kappa shape index (κ2) is 7.28. The Morgan fingerprint density at radius 3 is 2.00 bits per heavy atom. The summed E-state index contributed by atoms with van der Waals surface area (Å²) in [6, 6.07) is 8.74. The van der Waals surface area contributed by atoms with Crippen LogP contribution in [-0.4, -0.2) is 8.07 Å². The van der Waals surface area contributed by atoms with Crippen molar-refractivity contribution < 1.29 is 54.6 Å². The van der Waals surface area contributed by atoms with Crippen molar-refractivity contribution in [1.29, 1.82) is 0 Å². The molecule has 1 aliphatic carbocycles. The first-order valence-corrected chi connectivity index (χ1v) is 9.30. The molecule has 0 amide bonds. The van der Waals surface area contributed by atoms with Gasteiger partial charge in [0.25, 0.3) is 0 Å². The summed E-state index contributed by atoms with van der Waals surface area (Å²) in [5.41, 5.74) is 2.92. The van der Waals surface area contributed by atoms with Crippen molar-refractivity contribution in [2.45, 2.75) is 24.3 Å². The predicted molar refractivity (Wildman–Crippen MR) is 60.5 cm³/mol. The molecule has 1 aromatic carbocycles. The number of benzene rings is 1. The molecule has 0 spiro atoms. The van der Waals surface area contributed by atoms with Crippen LogP contribution >= 0.6 is 0 Å². The predicted octanol–water partition coefficient (Wildman–Crippen LogP) is -5.44. The number of hydrogen-bond donors (Lipinski definition) is 0. The summed E-state index contributed by atoms with van der Waals surface area (Å²) in [7, 11) is -1.14. The van der Waals surface area contributed by atoms with Crippen LogP contribution < -0.4 is 37.2 Å². The average Bonchev–Trinajstić information content (AvgIpc) is 2.44. The van der Waals surface area contributed by atoms with Gasteiger partial charge in [-0.15, -0.1) is 0 Å². The molecule has 0 radical (unpaired) electrons. The van der Waals surface area contributed by atoms with Gasteiger partial charge in [-0.25, -0.2) is 0 Å². The van der Waals surface area contributed by atoms with Gasteiger partial charge in [0.1, 0.15) is 0 Å². The van der Waals surface area contributed by atoms with E-state index in [-0.39, 0.29) is 37.2 Å². The van der Waals surface area contributed by atoms with Crippen LogP contribution in [0, 0.1) is 0 Å². The van der Waals surface area contributed by atoms with Gasteiger partial charge in [-0.1, -0.05) is 0 Å². The first-order chi connectivity index (χ1) is 6.50. The van der Waals surface area contributed by atoms with E-state index in [0.29, 0.717) is 4.63 Å². The maximum absolute atomic E-state index is 2.83. The van der Waals surface area contributed by atoms with E-state index < -0.39 is 8.07 Å². The molecule has 2 rings (SSSR count). The van der Waals surface area contributed by atoms with E-state index in [4.69, 9.17) is 0 Å². The summed E-state index contributed by atoms with van der Waals surface area (Å²) in [6.07, 6.45) is 2.41. The van der Waals surface area contributed by atoms with Gasteiger partial charge in [0, 0.05) is 0 Å². The summed E-state index contributed by atoms with van der Waals surface area (Å²) in [5.74, 6) is 0. The average molecular weight is 345 g/mol. The fourth-order valence-electron chi connectivity index (χ4n) is 1.93. The number of hydrogen-bond acceptors (Lipinski definition) is 0. The molecule has 1 unspecified atom stereocenters. The van der Waals surface area contributed by atoms with Gasteiger partial charge in [0.15, 0.2) is 0 Å². The van der Waals surface area contributed by atoms with E-state index in [2.05, 4.69) is 67.4 Å². The first-order valence-electron chi connectivity index (χ1n) is 4.99. The maximum atomic E-state index is 2.83. The molecule has 5 heteroatoms. The summed E-state index contributed by atoms with van der Waals surface area (Å²) in [4.78, 5) is 0. The van der Waals surface area contributed by atoms with Crippen LogP contribution in [0.1, 0.15) is 15.8 Å². The Hall–Kier alpha value is 0.631. The number of rotatable bonds is 1. The minimum Gasteiger partial charge on any atom is -1.00 e. The van der Waals surface area contributed by atoms with Crippen molar-refractivity contribution in [3.8, 4) is 0 Å². The van der Waals surface area contributed by atoms with Crippen LogP contribution in [0.15, 0.2) is 29.5 Å². The topological polar surface area (TPSA) is 0 Å². The minimum atomic E-state index is -1.14. The van der Waals surface area contributed by atoms with Gasteiger partial charge in [0.05, 0.1) is 0 Å². The fraction of sp³-hybridized carbons (Fsp3) is 0.333. The fourth-order valence-corrected chi connectivity index (χ4v) is 5.79. The van der Waals surface area contributed by atoms with Crippen LogP contribution in [0.3, 0.4) is 0 Å². The van der Waals surface area contributed by atoms with E-state index in [1.165, 1.54) is 11.1 Å². The normalized spacial score (nSPS) is 17.0. The Kier molecular flexibility index (Phi) is 8.54. The van der Waals surface area contributed by atoms with E-state index >= 15 is 0 Å². The molecule has 0 heterocycles. The van der Waals surface area contributed by atoms with Gasteiger partial charge >= 0.3 is 96.4 Å². The Bertz CT molecular complexity index is 399. The van der Waals surface area contributed by atoms with Gasteiger partial charge in [0.2, 0.25) is 0 Å². The molecule has 93 valence electrons. The quantitative estimate of drug-likeness (QED) is 0.446. The van der Waals surface area contributed by atoms with Crippen molar-refractivity contribution >= 4 is 14.1 Å². The second-order valence-corrected chi connectivity index (χ2v) is 10.8. The second-order valence-electron chi connectivity index (χ2n) is 4.88. The molecule has 0 bridgehead atoms. The Labute approximate surface area is 133 Å². The third-order valence-electron chi connectivity index (χ3n) is 2.76. The molecule has 0 saturated heterocycles. The van der Waals surface area contributed by atoms with E-state index in [0.717, 1.165) is 0 Å². The number of fused-ring (bicyclic) bond motifs is 1. The van der Waals surface area contributed by atoms with Crippen molar-refractivity contribution in [1.82, 2.24) is 0 Å². The largest absolute Gasteiger partial charge is 1.00 e. The zero-order chi connectivity index (χ0) is 10.3. The van der Waals surface area contributed by atoms with Crippen molar-refractivity contribution in [2.75, 3.05) is 0 Å². The van der Waals surface area contributed by atoms with Crippen molar-refractivity contribution in [3.63, 3.8) is 0 Å². The van der Waals surface area contributed by atoms with Gasteiger partial charge < -0.3 is 37.2 Å². The molecule has 1 atom stereocenters. The zero-order valence-electron chi connectivity index (χ0n) is 10.0. The summed E-state index contributed by atoms with van der Waals surface area (Å²) >= 11 is 2.83. The van der Waals surface area contributed by atoms with Crippen LogP contribution in [0.4, 0.5) is 0 Å². The number of allylic oxidation sites excluding steroid dienone is 1. The third kappa shape index (κ3) is 4.05. The van der Waals surface area contributed by atoms with Crippen LogP contribution in [0.2, 0.25) is 19.6 Å². The van der Waals surface area contributed by atoms with E-state index in [1.54, 1.807) is 5.20 Å². The van der Waals surface area contributed by atoms with Crippen LogP contribution in [0.5, 0.6) is 0 Å². The Balaban J connectivity index is 0. The summed E-state index contributed by atoms with van der Waals surface area (Å²) in [6.45, 7) is 7.27. The molecule has 17 heavy (non-hydrogen) atoms. The summed E-state index contributed by atoms with van der Waals surface area (Å²) in [5, 5.41) is 1.67. The monoisotopic (exact) mass is 343 g/mol. The zero-order valence-corrected chi connectivity index (χ0v) is 14.7. The molecular formula is C12H15Cl3SiV. The van der Waals surface area contributed by atoms with Gasteiger partial charge in [-0.2, -0.15) is 0 Å². The molecule has 0 fully saturated rings. The molecule has 0 aliphatic heterocycles. The SMILES string of the molecule is C[Si](C)(C)C1=Cc2ccccc2[CH]1[V+3].[Cl-].[Cl-].[Cl-]. The molecule has 1 aromatic rings. The maximum Gasteiger partial charge on any atom is -1.00 e. The minimum absolute atomic E-state index is 0. The first kappa shape index (κ1) is 20.0. The summed E-state index contributed by atoms with van der Waals surface area (Å²) < 4.78 is 0.588.